The molecule has 0 aliphatic carbocycles. The fraction of sp³-hybridized carbons (Fsp3) is 0.111. The van der Waals surface area contributed by atoms with Gasteiger partial charge in [-0.15, -0.1) is 0 Å². The van der Waals surface area contributed by atoms with Crippen molar-refractivity contribution in [1.82, 2.24) is 10.2 Å². The van der Waals surface area contributed by atoms with Crippen LogP contribution in [-0.4, -0.2) is 31.7 Å². The van der Waals surface area contributed by atoms with Crippen LogP contribution >= 0.6 is 0 Å². The Labute approximate surface area is 271 Å². The van der Waals surface area contributed by atoms with E-state index in [0.29, 0.717) is 11.1 Å². The zero-order valence-corrected chi connectivity index (χ0v) is 25.9. The molecule has 0 spiro atoms. The molecule has 5 aromatic carbocycles. The average Bonchev–Trinajstić information content (AvgIpc) is 3.09. The number of hydrogen-bond acceptors (Lipinski definition) is 5. The van der Waals surface area contributed by atoms with Gasteiger partial charge in [0.2, 0.25) is 5.91 Å². The Bertz CT molecular complexity index is 1890. The first-order valence-electron chi connectivity index (χ1n) is 14.6. The molecule has 0 saturated heterocycles. The smallest absolute Gasteiger partial charge is 0.261 e. The molecule has 0 radical (unpaired) electrons. The highest BCUT2D eigenvalue weighted by molar-refractivity contribution is 7.92. The maximum absolute atomic E-state index is 13.8. The molecule has 0 aromatic heterocycles. The van der Waals surface area contributed by atoms with Crippen LogP contribution in [0.4, 0.5) is 14.5 Å². The van der Waals surface area contributed by atoms with Gasteiger partial charge >= 0.3 is 0 Å². The van der Waals surface area contributed by atoms with Crippen LogP contribution < -0.4 is 14.8 Å². The topological polar surface area (TPSA) is 105 Å². The van der Waals surface area contributed by atoms with Crippen LogP contribution in [0, 0.1) is 11.6 Å². The molecule has 5 aromatic rings. The lowest BCUT2D eigenvalue weighted by atomic mass is 10.0. The number of hydrogen-bond donors (Lipinski definition) is 2. The zero-order chi connectivity index (χ0) is 33.2. The first-order valence-corrected chi connectivity index (χ1v) is 16.1. The molecule has 0 fully saturated rings. The van der Waals surface area contributed by atoms with Crippen molar-refractivity contribution in [2.75, 3.05) is 11.3 Å². The highest BCUT2D eigenvalue weighted by Gasteiger charge is 2.32. The lowest BCUT2D eigenvalue weighted by Gasteiger charge is -2.31. The number of rotatable bonds is 13. The SMILES string of the molecule is O=C(NCc1ccccc1)[C@@H](c1ccccc1)N(Cc1ccc(F)cc1)C(=O)COc1ccc(S(=O)(=O)Nc2ccc(F)cc2)cc1. The minimum absolute atomic E-state index is 0.0208. The van der Waals surface area contributed by atoms with Crippen molar-refractivity contribution in [3.63, 3.8) is 0 Å². The molecule has 8 nitrogen and oxygen atoms in total. The summed E-state index contributed by atoms with van der Waals surface area (Å²) in [5.74, 6) is -1.67. The van der Waals surface area contributed by atoms with Crippen molar-refractivity contribution in [3.05, 3.63) is 162 Å². The van der Waals surface area contributed by atoms with Gasteiger partial charge in [-0.05, 0) is 77.4 Å². The molecular weight excluding hydrogens is 624 g/mol. The van der Waals surface area contributed by atoms with E-state index in [9.17, 15) is 26.8 Å². The first kappa shape index (κ1) is 32.8. The number of nitrogens with one attached hydrogen (secondary N) is 2. The van der Waals surface area contributed by atoms with Crippen LogP contribution in [0.1, 0.15) is 22.7 Å². The van der Waals surface area contributed by atoms with Crippen LogP contribution in [0.5, 0.6) is 5.75 Å². The van der Waals surface area contributed by atoms with Crippen molar-refractivity contribution in [1.29, 1.82) is 0 Å². The van der Waals surface area contributed by atoms with Crippen molar-refractivity contribution in [3.8, 4) is 5.75 Å². The second-order valence-electron chi connectivity index (χ2n) is 10.5. The van der Waals surface area contributed by atoms with Gasteiger partial charge in [0, 0.05) is 18.8 Å². The van der Waals surface area contributed by atoms with E-state index >= 15 is 0 Å². The van der Waals surface area contributed by atoms with E-state index in [4.69, 9.17) is 4.74 Å². The van der Waals surface area contributed by atoms with E-state index in [1.807, 2.05) is 30.3 Å². The van der Waals surface area contributed by atoms with Crippen molar-refractivity contribution >= 4 is 27.5 Å². The number of amides is 2. The number of benzene rings is 5. The predicted molar refractivity (Wildman–Crippen MR) is 174 cm³/mol. The number of carbonyl (C=O) groups is 2. The van der Waals surface area contributed by atoms with Gasteiger partial charge in [0.05, 0.1) is 4.90 Å². The third-order valence-electron chi connectivity index (χ3n) is 7.16. The summed E-state index contributed by atoms with van der Waals surface area (Å²) in [4.78, 5) is 28.9. The molecule has 0 unspecified atom stereocenters. The van der Waals surface area contributed by atoms with Gasteiger partial charge in [-0.1, -0.05) is 72.8 Å². The maximum atomic E-state index is 13.8. The second-order valence-corrected chi connectivity index (χ2v) is 12.2. The van der Waals surface area contributed by atoms with E-state index in [2.05, 4.69) is 10.0 Å². The van der Waals surface area contributed by atoms with Gasteiger partial charge in [0.1, 0.15) is 23.4 Å². The van der Waals surface area contributed by atoms with Gasteiger partial charge in [-0.25, -0.2) is 17.2 Å². The molecule has 11 heteroatoms. The fourth-order valence-corrected chi connectivity index (χ4v) is 5.83. The van der Waals surface area contributed by atoms with Gasteiger partial charge in [-0.2, -0.15) is 0 Å². The number of nitrogens with zero attached hydrogens (tertiary/aromatic N) is 1. The quantitative estimate of drug-likeness (QED) is 0.157. The summed E-state index contributed by atoms with van der Waals surface area (Å²) in [5, 5.41) is 2.93. The molecule has 47 heavy (non-hydrogen) atoms. The molecule has 0 aliphatic heterocycles. The van der Waals surface area contributed by atoms with Crippen molar-refractivity contribution < 1.29 is 31.5 Å². The predicted octanol–water partition coefficient (Wildman–Crippen LogP) is 6.23. The lowest BCUT2D eigenvalue weighted by molar-refractivity contribution is -0.143. The molecule has 0 saturated carbocycles. The van der Waals surface area contributed by atoms with Gasteiger partial charge in [0.15, 0.2) is 6.61 Å². The van der Waals surface area contributed by atoms with Crippen LogP contribution in [0.25, 0.3) is 0 Å². The Hall–Kier alpha value is -5.55. The number of carbonyl (C=O) groups excluding carboxylic acids is 2. The Morgan fingerprint density at radius 3 is 1.89 bits per heavy atom. The zero-order valence-electron chi connectivity index (χ0n) is 25.1. The first-order chi connectivity index (χ1) is 22.7. The molecule has 0 aliphatic rings. The number of ether oxygens (including phenoxy) is 1. The van der Waals surface area contributed by atoms with Crippen LogP contribution in [0.15, 0.2) is 138 Å². The molecule has 1 atom stereocenters. The Morgan fingerprint density at radius 2 is 1.28 bits per heavy atom. The fourth-order valence-electron chi connectivity index (χ4n) is 4.77. The largest absolute Gasteiger partial charge is 0.484 e. The van der Waals surface area contributed by atoms with E-state index in [1.54, 1.807) is 42.5 Å². The Kier molecular flexibility index (Phi) is 10.6. The standard InChI is InChI=1S/C36H31F2N3O5S/c37-29-13-11-27(12-14-29)24-41(35(28-9-5-2-6-10-28)36(43)39-23-26-7-3-1-4-8-26)34(42)25-46-32-19-21-33(22-20-32)47(44,45)40-31-17-15-30(38)16-18-31/h1-22,35,40H,23-25H2,(H,39,43)/t35-/m1/s1. The highest BCUT2D eigenvalue weighted by Crippen LogP contribution is 2.25. The summed E-state index contributed by atoms with van der Waals surface area (Å²) in [6.07, 6.45) is 0. The third kappa shape index (κ3) is 9.01. The molecule has 240 valence electrons. The number of sulfonamides is 1. The van der Waals surface area contributed by atoms with E-state index < -0.39 is 46.1 Å². The summed E-state index contributed by atoms with van der Waals surface area (Å²) >= 11 is 0. The summed E-state index contributed by atoms with van der Waals surface area (Å²) in [7, 11) is -3.98. The van der Waals surface area contributed by atoms with Crippen LogP contribution in [0.2, 0.25) is 0 Å². The van der Waals surface area contributed by atoms with Crippen molar-refractivity contribution in [2.45, 2.75) is 24.0 Å². The summed E-state index contributed by atoms with van der Waals surface area (Å²) in [6.45, 7) is -0.257. The minimum Gasteiger partial charge on any atom is -0.484 e. The third-order valence-corrected chi connectivity index (χ3v) is 8.56. The molecule has 0 bridgehead atoms. The van der Waals surface area contributed by atoms with Gasteiger partial charge in [-0.3, -0.25) is 14.3 Å². The van der Waals surface area contributed by atoms with E-state index in [1.165, 1.54) is 53.4 Å². The second kappa shape index (κ2) is 15.2. The molecule has 2 N–H and O–H groups in total. The summed E-state index contributed by atoms with van der Waals surface area (Å²) < 4.78 is 60.6. The van der Waals surface area contributed by atoms with Crippen molar-refractivity contribution in [2.24, 2.45) is 0 Å². The van der Waals surface area contributed by atoms with Crippen LogP contribution in [0.3, 0.4) is 0 Å². The number of halogens is 2. The average molecular weight is 656 g/mol. The highest BCUT2D eigenvalue weighted by atomic mass is 32.2. The molecular formula is C36H31F2N3O5S. The lowest BCUT2D eigenvalue weighted by Crippen LogP contribution is -2.45. The Morgan fingerprint density at radius 1 is 0.702 bits per heavy atom. The normalized spacial score (nSPS) is 11.7. The van der Waals surface area contributed by atoms with Gasteiger partial charge < -0.3 is 15.0 Å². The summed E-state index contributed by atoms with van der Waals surface area (Å²) in [6, 6.07) is 33.1. The molecule has 5 rings (SSSR count). The monoisotopic (exact) mass is 655 g/mol. The molecule has 2 amide bonds. The summed E-state index contributed by atoms with van der Waals surface area (Å²) in [5.41, 5.74) is 2.24. The van der Waals surface area contributed by atoms with E-state index in [0.717, 1.165) is 17.7 Å². The maximum Gasteiger partial charge on any atom is 0.261 e. The minimum atomic E-state index is -3.98. The van der Waals surface area contributed by atoms with Crippen LogP contribution in [-0.2, 0) is 32.7 Å². The number of anilines is 1. The molecule has 0 heterocycles. The Balaban J connectivity index is 1.35. The van der Waals surface area contributed by atoms with Gasteiger partial charge in [0.25, 0.3) is 15.9 Å². The van der Waals surface area contributed by atoms with E-state index in [-0.39, 0.29) is 29.4 Å².